The van der Waals surface area contributed by atoms with Gasteiger partial charge in [0.05, 0.1) is 18.4 Å². The molecule has 1 aromatic carbocycles. The van der Waals surface area contributed by atoms with Gasteiger partial charge < -0.3 is 4.74 Å². The molecule has 0 aromatic heterocycles. The largest absolute Gasteiger partial charge is 0.464 e. The lowest BCUT2D eigenvalue weighted by Gasteiger charge is -2.48. The van der Waals surface area contributed by atoms with Gasteiger partial charge in [-0.15, -0.1) is 11.8 Å². The van der Waals surface area contributed by atoms with Crippen molar-refractivity contribution in [2.24, 2.45) is 5.92 Å². The molecule has 0 spiro atoms. The lowest BCUT2D eigenvalue weighted by molar-refractivity contribution is -0.152. The third kappa shape index (κ3) is 3.37. The Labute approximate surface area is 156 Å². The molecule has 0 bridgehead atoms. The smallest absolute Gasteiger partial charge is 0.355 e. The molecule has 0 saturated carbocycles. The van der Waals surface area contributed by atoms with Crippen LogP contribution in [0.3, 0.4) is 0 Å². The highest BCUT2D eigenvalue weighted by molar-refractivity contribution is 8.02. The first-order valence-corrected chi connectivity index (χ1v) is 10.0. The Morgan fingerprint density at radius 3 is 2.80 bits per heavy atom. The summed E-state index contributed by atoms with van der Waals surface area (Å²) in [6.07, 6.45) is 1.92. The molecule has 1 aromatic rings. The Bertz CT molecular complexity index is 785. The van der Waals surface area contributed by atoms with Crippen molar-refractivity contribution < 1.29 is 14.3 Å². The number of β-lactam (4-membered cyclic amide) rings is 1. The van der Waals surface area contributed by atoms with Crippen molar-refractivity contribution in [3.05, 3.63) is 52.1 Å². The van der Waals surface area contributed by atoms with E-state index >= 15 is 0 Å². The van der Waals surface area contributed by atoms with Gasteiger partial charge in [0.2, 0.25) is 5.91 Å². The number of allylic oxidation sites excluding steroid dienone is 1. The third-order valence-corrected chi connectivity index (χ3v) is 6.83. The molecule has 25 heavy (non-hydrogen) atoms. The van der Waals surface area contributed by atoms with Crippen LogP contribution in [-0.2, 0) is 14.3 Å². The zero-order valence-electron chi connectivity index (χ0n) is 14.7. The summed E-state index contributed by atoms with van der Waals surface area (Å²) >= 11 is 3.29. The number of benzene rings is 1. The van der Waals surface area contributed by atoms with Crippen molar-refractivity contribution in [3.63, 3.8) is 0 Å². The van der Waals surface area contributed by atoms with E-state index in [4.69, 9.17) is 4.74 Å². The minimum absolute atomic E-state index is 0.00897. The van der Waals surface area contributed by atoms with Crippen LogP contribution in [0.1, 0.15) is 18.1 Å². The van der Waals surface area contributed by atoms with E-state index in [9.17, 15) is 9.59 Å². The molecule has 2 atom stereocenters. The Balaban J connectivity index is 1.82. The van der Waals surface area contributed by atoms with Crippen LogP contribution in [0.15, 0.2) is 45.8 Å². The van der Waals surface area contributed by atoms with E-state index in [1.165, 1.54) is 18.2 Å². The topological polar surface area (TPSA) is 46.6 Å². The molecule has 0 aliphatic carbocycles. The molecule has 2 aliphatic rings. The molecule has 132 valence electrons. The zero-order chi connectivity index (χ0) is 18.1. The number of carbonyl (C=O) groups is 2. The Morgan fingerprint density at radius 1 is 1.36 bits per heavy atom. The monoisotopic (exact) mass is 375 g/mol. The molecule has 2 unspecified atom stereocenters. The van der Waals surface area contributed by atoms with E-state index in [1.54, 1.807) is 28.4 Å². The minimum atomic E-state index is -0.443. The van der Waals surface area contributed by atoms with E-state index in [-0.39, 0.29) is 17.2 Å². The van der Waals surface area contributed by atoms with Crippen LogP contribution in [0.2, 0.25) is 0 Å². The summed E-state index contributed by atoms with van der Waals surface area (Å²) < 4.78 is 4.91. The summed E-state index contributed by atoms with van der Waals surface area (Å²) in [4.78, 5) is 27.1. The fourth-order valence-corrected chi connectivity index (χ4v) is 5.03. The lowest BCUT2D eigenvalue weighted by Crippen LogP contribution is -2.60. The van der Waals surface area contributed by atoms with E-state index in [2.05, 4.69) is 32.0 Å². The Hall–Kier alpha value is -1.66. The summed E-state index contributed by atoms with van der Waals surface area (Å²) in [5.41, 5.74) is 3.75. The predicted octanol–water partition coefficient (Wildman–Crippen LogP) is 3.89. The molecule has 1 saturated heterocycles. The van der Waals surface area contributed by atoms with Crippen molar-refractivity contribution in [1.82, 2.24) is 4.90 Å². The maximum atomic E-state index is 12.2. The van der Waals surface area contributed by atoms with Crippen molar-refractivity contribution >= 4 is 35.4 Å². The van der Waals surface area contributed by atoms with Gasteiger partial charge in [0.25, 0.3) is 0 Å². The van der Waals surface area contributed by atoms with Crippen LogP contribution >= 0.6 is 23.5 Å². The van der Waals surface area contributed by atoms with Gasteiger partial charge in [-0.3, -0.25) is 9.69 Å². The van der Waals surface area contributed by atoms with Gasteiger partial charge in [0, 0.05) is 10.6 Å². The highest BCUT2D eigenvalue weighted by Gasteiger charge is 2.50. The highest BCUT2D eigenvalue weighted by atomic mass is 32.2. The van der Waals surface area contributed by atoms with E-state index < -0.39 is 5.97 Å². The van der Waals surface area contributed by atoms with E-state index in [0.717, 1.165) is 10.5 Å². The summed E-state index contributed by atoms with van der Waals surface area (Å²) in [6.45, 7) is 6.09. The number of thioether (sulfide) groups is 2. The lowest BCUT2D eigenvalue weighted by atomic mass is 9.97. The molecule has 4 nitrogen and oxygen atoms in total. The SMILES string of the molecule is COC(=O)C1=C(/C=C/Sc2ccc(C)c(C)c2)CSC2C(C)C(=O)N12. The minimum Gasteiger partial charge on any atom is -0.464 e. The molecular weight excluding hydrogens is 354 g/mol. The first-order valence-electron chi connectivity index (χ1n) is 8.10. The summed E-state index contributed by atoms with van der Waals surface area (Å²) in [5, 5.41) is 2.02. The van der Waals surface area contributed by atoms with Crippen LogP contribution in [-0.4, -0.2) is 35.0 Å². The summed E-state index contributed by atoms with van der Waals surface area (Å²) in [7, 11) is 1.35. The van der Waals surface area contributed by atoms with Crippen molar-refractivity contribution in [3.8, 4) is 0 Å². The number of esters is 1. The van der Waals surface area contributed by atoms with Gasteiger partial charge in [-0.25, -0.2) is 4.79 Å². The summed E-state index contributed by atoms with van der Waals surface area (Å²) in [6, 6.07) is 6.33. The Kier molecular flexibility index (Phi) is 5.29. The van der Waals surface area contributed by atoms with Gasteiger partial charge in [-0.1, -0.05) is 24.8 Å². The van der Waals surface area contributed by atoms with Gasteiger partial charge >= 0.3 is 5.97 Å². The van der Waals surface area contributed by atoms with Crippen LogP contribution in [0.5, 0.6) is 0 Å². The number of hydrogen-bond donors (Lipinski definition) is 0. The Morgan fingerprint density at radius 2 is 2.12 bits per heavy atom. The quantitative estimate of drug-likeness (QED) is 0.454. The molecule has 2 aliphatic heterocycles. The van der Waals surface area contributed by atoms with Crippen molar-refractivity contribution in [1.29, 1.82) is 0 Å². The fraction of sp³-hybridized carbons (Fsp3) is 0.368. The molecule has 1 fully saturated rings. The molecular formula is C19H21NO3S2. The fourth-order valence-electron chi connectivity index (χ4n) is 2.90. The van der Waals surface area contributed by atoms with Crippen LogP contribution < -0.4 is 0 Å². The summed E-state index contributed by atoms with van der Waals surface area (Å²) in [5.74, 6) is 0.208. The second-order valence-electron chi connectivity index (χ2n) is 6.23. The molecule has 0 N–H and O–H groups in total. The number of methoxy groups -OCH3 is 1. The standard InChI is InChI=1S/C19H21NO3S2/c1-11-5-6-15(9-12(11)2)24-8-7-14-10-25-18-13(3)17(21)20(18)16(14)19(22)23-4/h5-9,13,18H,10H2,1-4H3/b8-7+. The zero-order valence-corrected chi connectivity index (χ0v) is 16.4. The normalized spacial score (nSPS) is 22.9. The highest BCUT2D eigenvalue weighted by Crippen LogP contribution is 2.44. The average Bonchev–Trinajstić information content (AvgIpc) is 2.62. The first-order chi connectivity index (χ1) is 11.9. The molecule has 2 heterocycles. The van der Waals surface area contributed by atoms with Crippen LogP contribution in [0.25, 0.3) is 0 Å². The number of fused-ring (bicyclic) bond motifs is 1. The second-order valence-corrected chi connectivity index (χ2v) is 8.31. The third-order valence-electron chi connectivity index (χ3n) is 4.59. The number of carbonyl (C=O) groups excluding carboxylic acids is 2. The number of aryl methyl sites for hydroxylation is 2. The predicted molar refractivity (Wildman–Crippen MR) is 102 cm³/mol. The van der Waals surface area contributed by atoms with E-state index in [1.807, 2.05) is 18.4 Å². The molecule has 0 radical (unpaired) electrons. The van der Waals surface area contributed by atoms with Crippen LogP contribution in [0.4, 0.5) is 0 Å². The van der Waals surface area contributed by atoms with Gasteiger partial charge in [-0.2, -0.15) is 0 Å². The number of ether oxygens (including phenoxy) is 1. The van der Waals surface area contributed by atoms with Crippen LogP contribution in [0, 0.1) is 19.8 Å². The number of hydrogen-bond acceptors (Lipinski definition) is 5. The maximum absolute atomic E-state index is 12.2. The number of amides is 1. The average molecular weight is 376 g/mol. The first kappa shape index (κ1) is 18.1. The molecule has 3 rings (SSSR count). The number of rotatable bonds is 4. The molecule has 6 heteroatoms. The van der Waals surface area contributed by atoms with E-state index in [0.29, 0.717) is 11.4 Å². The van der Waals surface area contributed by atoms with Gasteiger partial charge in [-0.05, 0) is 54.2 Å². The maximum Gasteiger partial charge on any atom is 0.355 e. The van der Waals surface area contributed by atoms with Gasteiger partial charge in [0.1, 0.15) is 5.70 Å². The number of nitrogens with zero attached hydrogens (tertiary/aromatic N) is 1. The second kappa shape index (κ2) is 7.30. The van der Waals surface area contributed by atoms with Crippen molar-refractivity contribution in [2.45, 2.75) is 31.0 Å². The molecule has 1 amide bonds. The van der Waals surface area contributed by atoms with Gasteiger partial charge in [0.15, 0.2) is 0 Å². The van der Waals surface area contributed by atoms with Crippen molar-refractivity contribution in [2.75, 3.05) is 12.9 Å².